The van der Waals surface area contributed by atoms with E-state index in [0.717, 1.165) is 25.9 Å². The van der Waals surface area contributed by atoms with E-state index in [0.29, 0.717) is 12.5 Å². The highest BCUT2D eigenvalue weighted by Crippen LogP contribution is 2.29. The zero-order valence-electron chi connectivity index (χ0n) is 10.4. The Hall–Kier alpha value is -1.10. The van der Waals surface area contributed by atoms with Gasteiger partial charge in [-0.2, -0.15) is 0 Å². The number of carbonyl (C=O) groups excluding carboxylic acids is 2. The Labute approximate surface area is 101 Å². The van der Waals surface area contributed by atoms with Crippen LogP contribution < -0.4 is 5.32 Å². The van der Waals surface area contributed by atoms with E-state index < -0.39 is 0 Å². The predicted molar refractivity (Wildman–Crippen MR) is 62.3 cm³/mol. The first-order valence-electron chi connectivity index (χ1n) is 6.30. The quantitative estimate of drug-likeness (QED) is 0.698. The van der Waals surface area contributed by atoms with Crippen LogP contribution in [0.5, 0.6) is 0 Å². The minimum atomic E-state index is -0.183. The fourth-order valence-electron chi connectivity index (χ4n) is 2.79. The summed E-state index contributed by atoms with van der Waals surface area (Å²) in [6.45, 7) is 5.37. The van der Waals surface area contributed by atoms with Gasteiger partial charge in [0.15, 0.2) is 0 Å². The summed E-state index contributed by atoms with van der Waals surface area (Å²) in [5.74, 6) is 0.459. The van der Waals surface area contributed by atoms with Crippen LogP contribution in [0.1, 0.15) is 26.7 Å². The van der Waals surface area contributed by atoms with E-state index in [-0.39, 0.29) is 24.0 Å². The van der Waals surface area contributed by atoms with E-state index in [2.05, 4.69) is 5.32 Å². The first kappa shape index (κ1) is 12.4. The van der Waals surface area contributed by atoms with Crippen LogP contribution in [0.25, 0.3) is 0 Å². The number of piperidine rings is 1. The summed E-state index contributed by atoms with van der Waals surface area (Å²) < 4.78 is 5.02. The van der Waals surface area contributed by atoms with Crippen LogP contribution in [0, 0.1) is 5.92 Å². The van der Waals surface area contributed by atoms with Crippen molar-refractivity contribution in [1.29, 1.82) is 0 Å². The molecule has 0 saturated carbocycles. The molecule has 0 radical (unpaired) electrons. The second-order valence-corrected chi connectivity index (χ2v) is 4.83. The lowest BCUT2D eigenvalue weighted by Crippen LogP contribution is -2.49. The first-order valence-corrected chi connectivity index (χ1v) is 6.30. The molecule has 5 nitrogen and oxygen atoms in total. The molecule has 3 atom stereocenters. The Morgan fingerprint density at radius 1 is 1.47 bits per heavy atom. The lowest BCUT2D eigenvalue weighted by molar-refractivity contribution is -0.145. The number of likely N-dealkylation sites (tertiary alicyclic amines) is 1. The highest BCUT2D eigenvalue weighted by Gasteiger charge is 2.41. The molecule has 2 aliphatic rings. The number of amides is 1. The maximum absolute atomic E-state index is 11.6. The second kappa shape index (κ2) is 5.04. The van der Waals surface area contributed by atoms with Crippen molar-refractivity contribution < 1.29 is 14.3 Å². The number of nitrogens with one attached hydrogen (secondary N) is 1. The molecule has 2 saturated heterocycles. The van der Waals surface area contributed by atoms with Crippen molar-refractivity contribution in [3.05, 3.63) is 0 Å². The third kappa shape index (κ3) is 2.60. The molecule has 2 fully saturated rings. The Bertz CT molecular complexity index is 319. The molecule has 2 heterocycles. The zero-order valence-corrected chi connectivity index (χ0v) is 10.4. The molecule has 0 aromatic rings. The zero-order chi connectivity index (χ0) is 12.4. The molecule has 1 amide bonds. The van der Waals surface area contributed by atoms with E-state index >= 15 is 0 Å². The van der Waals surface area contributed by atoms with Gasteiger partial charge in [-0.25, -0.2) is 0 Å². The van der Waals surface area contributed by atoms with Gasteiger partial charge < -0.3 is 9.64 Å². The summed E-state index contributed by atoms with van der Waals surface area (Å²) in [6, 6.07) is 0.0684. The largest absolute Gasteiger partial charge is 0.465 e. The fraction of sp³-hybridized carbons (Fsp3) is 0.833. The Kier molecular flexibility index (Phi) is 3.66. The number of ether oxygens (including phenoxy) is 1. The van der Waals surface area contributed by atoms with Gasteiger partial charge in [-0.1, -0.05) is 0 Å². The van der Waals surface area contributed by atoms with Gasteiger partial charge in [-0.3, -0.25) is 14.9 Å². The van der Waals surface area contributed by atoms with Crippen molar-refractivity contribution in [2.45, 2.75) is 38.8 Å². The van der Waals surface area contributed by atoms with Gasteiger partial charge in [-0.15, -0.1) is 0 Å². The topological polar surface area (TPSA) is 58.6 Å². The lowest BCUT2D eigenvalue weighted by Gasteiger charge is -2.34. The molecule has 0 aromatic heterocycles. The number of rotatable bonds is 2. The third-order valence-corrected chi connectivity index (χ3v) is 3.73. The Balaban J connectivity index is 1.92. The number of esters is 1. The van der Waals surface area contributed by atoms with Gasteiger partial charge in [0.1, 0.15) is 6.04 Å². The highest BCUT2D eigenvalue weighted by atomic mass is 16.5. The van der Waals surface area contributed by atoms with Crippen molar-refractivity contribution in [2.24, 2.45) is 5.92 Å². The minimum absolute atomic E-state index is 0.116. The normalized spacial score (nSPS) is 32.1. The van der Waals surface area contributed by atoms with Gasteiger partial charge >= 0.3 is 5.97 Å². The van der Waals surface area contributed by atoms with Crippen molar-refractivity contribution in [2.75, 3.05) is 19.7 Å². The van der Waals surface area contributed by atoms with Gasteiger partial charge in [0.25, 0.3) is 0 Å². The molecule has 0 spiro atoms. The van der Waals surface area contributed by atoms with Gasteiger partial charge in [0, 0.05) is 26.1 Å². The lowest BCUT2D eigenvalue weighted by atomic mass is 9.91. The molecule has 2 rings (SSSR count). The molecule has 96 valence electrons. The van der Waals surface area contributed by atoms with E-state index in [1.54, 1.807) is 6.92 Å². The number of nitrogens with zero attached hydrogens (tertiary/aromatic N) is 1. The number of fused-ring (bicyclic) bond motifs is 1. The molecular formula is C12H20N2O3. The standard InChI is InChI=1S/C12H20N2O3/c1-3-17-12(16)10-6-9-4-5-14(8(2)15)7-11(9)13-10/h9-11,13H,3-7H2,1-2H3/t9-,10+,11-/m0/s1. The molecule has 0 aromatic carbocycles. The first-order chi connectivity index (χ1) is 8.11. The average molecular weight is 240 g/mol. The van der Waals surface area contributed by atoms with Crippen LogP contribution in [0.3, 0.4) is 0 Å². The SMILES string of the molecule is CCOC(=O)[C@H]1C[C@@H]2CCN(C(C)=O)C[C@@H]2N1. The van der Waals surface area contributed by atoms with E-state index in [1.807, 2.05) is 11.8 Å². The fourth-order valence-corrected chi connectivity index (χ4v) is 2.79. The highest BCUT2D eigenvalue weighted by molar-refractivity contribution is 5.76. The maximum Gasteiger partial charge on any atom is 0.323 e. The van der Waals surface area contributed by atoms with Crippen molar-refractivity contribution in [1.82, 2.24) is 10.2 Å². The maximum atomic E-state index is 11.6. The van der Waals surface area contributed by atoms with E-state index in [9.17, 15) is 9.59 Å². The molecule has 0 unspecified atom stereocenters. The molecule has 5 heteroatoms. The third-order valence-electron chi connectivity index (χ3n) is 3.73. The van der Waals surface area contributed by atoms with Gasteiger partial charge in [0.2, 0.25) is 5.91 Å². The number of hydrogen-bond donors (Lipinski definition) is 1. The molecule has 0 aliphatic carbocycles. The second-order valence-electron chi connectivity index (χ2n) is 4.83. The van der Waals surface area contributed by atoms with Crippen LogP contribution in [0.15, 0.2) is 0 Å². The van der Waals surface area contributed by atoms with Gasteiger partial charge in [0.05, 0.1) is 6.61 Å². The van der Waals surface area contributed by atoms with Crippen molar-refractivity contribution in [3.63, 3.8) is 0 Å². The molecule has 17 heavy (non-hydrogen) atoms. The van der Waals surface area contributed by atoms with Crippen LogP contribution >= 0.6 is 0 Å². The summed E-state index contributed by atoms with van der Waals surface area (Å²) in [7, 11) is 0. The number of hydrogen-bond acceptors (Lipinski definition) is 4. The van der Waals surface area contributed by atoms with E-state index in [1.165, 1.54) is 0 Å². The molecule has 1 N–H and O–H groups in total. The minimum Gasteiger partial charge on any atom is -0.465 e. The van der Waals surface area contributed by atoms with Crippen LogP contribution in [0.2, 0.25) is 0 Å². The Morgan fingerprint density at radius 3 is 2.88 bits per heavy atom. The summed E-state index contributed by atoms with van der Waals surface area (Å²) in [4.78, 5) is 24.8. The molecule has 0 bridgehead atoms. The summed E-state index contributed by atoms with van der Waals surface area (Å²) in [6.07, 6.45) is 1.82. The molecular weight excluding hydrogens is 220 g/mol. The molecule has 2 aliphatic heterocycles. The summed E-state index contributed by atoms with van der Waals surface area (Å²) >= 11 is 0. The van der Waals surface area contributed by atoms with Crippen molar-refractivity contribution >= 4 is 11.9 Å². The smallest absolute Gasteiger partial charge is 0.323 e. The van der Waals surface area contributed by atoms with Crippen LogP contribution in [0.4, 0.5) is 0 Å². The van der Waals surface area contributed by atoms with Crippen molar-refractivity contribution in [3.8, 4) is 0 Å². The monoisotopic (exact) mass is 240 g/mol. The van der Waals surface area contributed by atoms with Crippen LogP contribution in [-0.4, -0.2) is 48.6 Å². The van der Waals surface area contributed by atoms with Gasteiger partial charge in [-0.05, 0) is 25.7 Å². The number of carbonyl (C=O) groups is 2. The predicted octanol–water partition coefficient (Wildman–Crippen LogP) is 0.148. The summed E-state index contributed by atoms with van der Waals surface area (Å²) in [5.41, 5.74) is 0. The van der Waals surface area contributed by atoms with Crippen LogP contribution in [-0.2, 0) is 14.3 Å². The Morgan fingerprint density at radius 2 is 2.24 bits per heavy atom. The summed E-state index contributed by atoms with van der Waals surface area (Å²) in [5, 5.41) is 3.29. The average Bonchev–Trinajstić information content (AvgIpc) is 2.71. The van der Waals surface area contributed by atoms with E-state index in [4.69, 9.17) is 4.74 Å².